The molecule has 4 heteroatoms. The lowest BCUT2D eigenvalue weighted by Gasteiger charge is -2.37. The Kier molecular flexibility index (Phi) is 4.03. The van der Waals surface area contributed by atoms with Gasteiger partial charge in [-0.1, -0.05) is 25.0 Å². The predicted octanol–water partition coefficient (Wildman–Crippen LogP) is 5.66. The van der Waals surface area contributed by atoms with Gasteiger partial charge in [0.05, 0.1) is 17.1 Å². The molecule has 26 heavy (non-hydrogen) atoms. The average molecular weight is 355 g/mol. The summed E-state index contributed by atoms with van der Waals surface area (Å²) in [5.41, 5.74) is 4.77. The summed E-state index contributed by atoms with van der Waals surface area (Å²) < 4.78 is 6.53. The molecule has 140 valence electrons. The molecule has 0 unspecified atom stereocenters. The highest BCUT2D eigenvalue weighted by atomic mass is 16.6. The smallest absolute Gasteiger partial charge is 0.269 e. The summed E-state index contributed by atoms with van der Waals surface area (Å²) in [5.74, 6) is 2.08. The largest absolute Gasteiger partial charge is 0.370 e. The number of hydrogen-bond acceptors (Lipinski definition) is 3. The summed E-state index contributed by atoms with van der Waals surface area (Å²) in [7, 11) is 0. The van der Waals surface area contributed by atoms with Gasteiger partial charge in [0, 0.05) is 18.1 Å². The van der Waals surface area contributed by atoms with Gasteiger partial charge in [-0.15, -0.1) is 0 Å². The number of hydrogen-bond donors (Lipinski definition) is 0. The Bertz CT molecular complexity index is 764. The number of benzene rings is 1. The Morgan fingerprint density at radius 1 is 1.19 bits per heavy atom. The molecule has 1 aromatic rings. The van der Waals surface area contributed by atoms with E-state index in [1.807, 2.05) is 12.1 Å². The van der Waals surface area contributed by atoms with Crippen LogP contribution in [0.1, 0.15) is 58.9 Å². The van der Waals surface area contributed by atoms with Crippen LogP contribution in [-0.2, 0) is 11.3 Å². The maximum absolute atomic E-state index is 10.8. The van der Waals surface area contributed by atoms with Gasteiger partial charge in [-0.05, 0) is 74.5 Å². The molecule has 4 atom stereocenters. The van der Waals surface area contributed by atoms with Crippen molar-refractivity contribution in [2.75, 3.05) is 0 Å². The van der Waals surface area contributed by atoms with Crippen LogP contribution in [0.4, 0.5) is 5.69 Å². The first-order valence-corrected chi connectivity index (χ1v) is 9.81. The molecule has 0 spiro atoms. The summed E-state index contributed by atoms with van der Waals surface area (Å²) in [4.78, 5) is 10.5. The standard InChI is InChI=1S/C22H29NO3/c1-14-5-10-17-19(14)20-18(21(20,2)3)11-12-22(17,4)26-13-15-6-8-16(9-7-15)23(24)25/h6-9,17-18,20H,5,10-13H2,1-4H3/t17-,18+,20-,22+/m1/s1. The van der Waals surface area contributed by atoms with Gasteiger partial charge in [-0.25, -0.2) is 0 Å². The molecule has 0 aromatic heterocycles. The zero-order chi connectivity index (χ0) is 18.7. The Balaban J connectivity index is 1.52. The van der Waals surface area contributed by atoms with Crippen LogP contribution in [-0.4, -0.2) is 10.5 Å². The van der Waals surface area contributed by atoms with Gasteiger partial charge in [-0.3, -0.25) is 10.1 Å². The third kappa shape index (κ3) is 2.70. The number of non-ortho nitro benzene ring substituents is 1. The van der Waals surface area contributed by atoms with E-state index < -0.39 is 0 Å². The molecule has 4 rings (SSSR count). The highest BCUT2D eigenvalue weighted by Crippen LogP contribution is 2.70. The third-order valence-electron chi connectivity index (χ3n) is 7.47. The molecule has 4 nitrogen and oxygen atoms in total. The van der Waals surface area contributed by atoms with E-state index >= 15 is 0 Å². The van der Waals surface area contributed by atoms with Gasteiger partial charge in [-0.2, -0.15) is 0 Å². The van der Waals surface area contributed by atoms with Crippen molar-refractivity contribution < 1.29 is 9.66 Å². The summed E-state index contributed by atoms with van der Waals surface area (Å²) in [5, 5.41) is 10.8. The van der Waals surface area contributed by atoms with Gasteiger partial charge in [0.15, 0.2) is 0 Å². The number of rotatable bonds is 4. The maximum atomic E-state index is 10.8. The Labute approximate surface area is 155 Å². The average Bonchev–Trinajstić information content (AvgIpc) is 2.98. The first kappa shape index (κ1) is 17.7. The van der Waals surface area contributed by atoms with Crippen LogP contribution in [0.5, 0.6) is 0 Å². The molecule has 0 N–H and O–H groups in total. The Hall–Kier alpha value is -1.68. The summed E-state index contributed by atoms with van der Waals surface area (Å²) in [6.45, 7) is 10.00. The topological polar surface area (TPSA) is 52.4 Å². The molecular weight excluding hydrogens is 326 g/mol. The molecule has 0 aliphatic heterocycles. The molecule has 0 amide bonds. The predicted molar refractivity (Wildman–Crippen MR) is 102 cm³/mol. The molecule has 2 fully saturated rings. The summed E-state index contributed by atoms with van der Waals surface area (Å²) in [6, 6.07) is 6.76. The van der Waals surface area contributed by atoms with Crippen LogP contribution in [0.25, 0.3) is 0 Å². The van der Waals surface area contributed by atoms with Crippen molar-refractivity contribution in [2.24, 2.45) is 23.2 Å². The van der Waals surface area contributed by atoms with E-state index in [4.69, 9.17) is 4.74 Å². The molecule has 0 saturated heterocycles. The molecule has 0 heterocycles. The summed E-state index contributed by atoms with van der Waals surface area (Å²) in [6.07, 6.45) is 4.75. The summed E-state index contributed by atoms with van der Waals surface area (Å²) >= 11 is 0. The lowest BCUT2D eigenvalue weighted by atomic mass is 9.78. The van der Waals surface area contributed by atoms with Crippen LogP contribution < -0.4 is 0 Å². The van der Waals surface area contributed by atoms with Crippen LogP contribution in [0, 0.1) is 33.3 Å². The van der Waals surface area contributed by atoms with Crippen LogP contribution in [0.3, 0.4) is 0 Å². The van der Waals surface area contributed by atoms with Crippen molar-refractivity contribution in [1.29, 1.82) is 0 Å². The van der Waals surface area contributed by atoms with Crippen molar-refractivity contribution in [2.45, 2.75) is 65.6 Å². The van der Waals surface area contributed by atoms with Crippen LogP contribution in [0.15, 0.2) is 35.4 Å². The molecule has 3 aliphatic rings. The lowest BCUT2D eigenvalue weighted by molar-refractivity contribution is -0.384. The van der Waals surface area contributed by atoms with Gasteiger partial charge >= 0.3 is 0 Å². The number of nitrogens with zero attached hydrogens (tertiary/aromatic N) is 1. The molecule has 1 aromatic carbocycles. The van der Waals surface area contributed by atoms with E-state index in [2.05, 4.69) is 27.7 Å². The zero-order valence-corrected chi connectivity index (χ0v) is 16.2. The highest BCUT2D eigenvalue weighted by Gasteiger charge is 2.64. The fraction of sp³-hybridized carbons (Fsp3) is 0.636. The third-order valence-corrected chi connectivity index (χ3v) is 7.47. The van der Waals surface area contributed by atoms with E-state index in [0.717, 1.165) is 23.8 Å². The van der Waals surface area contributed by atoms with Crippen molar-refractivity contribution in [3.05, 3.63) is 51.1 Å². The fourth-order valence-corrected chi connectivity index (χ4v) is 5.73. The van der Waals surface area contributed by atoms with Gasteiger partial charge in [0.2, 0.25) is 0 Å². The number of fused-ring (bicyclic) bond motifs is 3. The first-order valence-electron chi connectivity index (χ1n) is 9.81. The van der Waals surface area contributed by atoms with Crippen molar-refractivity contribution in [1.82, 2.24) is 0 Å². The first-order chi connectivity index (χ1) is 12.2. The second-order valence-corrected chi connectivity index (χ2v) is 9.30. The monoisotopic (exact) mass is 355 g/mol. The second kappa shape index (κ2) is 5.91. The molecule has 0 radical (unpaired) electrons. The Morgan fingerprint density at radius 3 is 2.54 bits per heavy atom. The normalized spacial score (nSPS) is 34.8. The van der Waals surface area contributed by atoms with Crippen LogP contribution in [0.2, 0.25) is 0 Å². The van der Waals surface area contributed by atoms with E-state index in [0.29, 0.717) is 17.9 Å². The van der Waals surface area contributed by atoms with Gasteiger partial charge in [0.1, 0.15) is 0 Å². The lowest BCUT2D eigenvalue weighted by Crippen LogP contribution is -2.38. The number of nitro groups is 1. The van der Waals surface area contributed by atoms with E-state index in [9.17, 15) is 10.1 Å². The highest BCUT2D eigenvalue weighted by molar-refractivity contribution is 5.37. The SMILES string of the molecule is CC1=C2[C@@H](CC1)[C@@](C)(OCc1ccc([N+](=O)[O-])cc1)CC[C@H]1[C@H]2C1(C)C. The fourth-order valence-electron chi connectivity index (χ4n) is 5.73. The Morgan fingerprint density at radius 2 is 1.88 bits per heavy atom. The minimum Gasteiger partial charge on any atom is -0.370 e. The van der Waals surface area contributed by atoms with Crippen molar-refractivity contribution >= 4 is 5.69 Å². The minimum absolute atomic E-state index is 0.127. The molecule has 2 saturated carbocycles. The van der Waals surface area contributed by atoms with Crippen molar-refractivity contribution in [3.8, 4) is 0 Å². The van der Waals surface area contributed by atoms with E-state index in [-0.39, 0.29) is 16.2 Å². The van der Waals surface area contributed by atoms with E-state index in [1.54, 1.807) is 23.3 Å². The second-order valence-electron chi connectivity index (χ2n) is 9.30. The molecular formula is C22H29NO3. The van der Waals surface area contributed by atoms with Gasteiger partial charge in [0.25, 0.3) is 5.69 Å². The number of ether oxygens (including phenoxy) is 1. The minimum atomic E-state index is -0.357. The van der Waals surface area contributed by atoms with E-state index in [1.165, 1.54) is 19.3 Å². The number of allylic oxidation sites excluding steroid dienone is 1. The van der Waals surface area contributed by atoms with Gasteiger partial charge < -0.3 is 4.74 Å². The number of nitro benzene ring substituents is 1. The van der Waals surface area contributed by atoms with Crippen molar-refractivity contribution in [3.63, 3.8) is 0 Å². The quantitative estimate of drug-likeness (QED) is 0.398. The maximum Gasteiger partial charge on any atom is 0.269 e. The molecule has 0 bridgehead atoms. The van der Waals surface area contributed by atoms with Crippen LogP contribution >= 0.6 is 0 Å². The zero-order valence-electron chi connectivity index (χ0n) is 16.2. The molecule has 3 aliphatic carbocycles.